The molecule has 1 rings (SSSR count). The van der Waals surface area contributed by atoms with Crippen molar-refractivity contribution < 1.29 is 32.8 Å². The normalized spacial score (nSPS) is 11.1. The second kappa shape index (κ2) is 16.2. The summed E-state index contributed by atoms with van der Waals surface area (Å²) in [5, 5.41) is 17.2. The van der Waals surface area contributed by atoms with Crippen LogP contribution in [0.2, 0.25) is 0 Å². The van der Waals surface area contributed by atoms with Crippen molar-refractivity contribution in [3.8, 4) is 0 Å². The second-order valence-electron chi connectivity index (χ2n) is 7.44. The largest absolute Gasteiger partial charge is 0.478 e. The Hall–Kier alpha value is -1.50. The zero-order chi connectivity index (χ0) is 23.9. The van der Waals surface area contributed by atoms with Gasteiger partial charge in [-0.1, -0.05) is 52.9 Å². The summed E-state index contributed by atoms with van der Waals surface area (Å²) in [5.41, 5.74) is -1.07. The van der Waals surface area contributed by atoms with Gasteiger partial charge in [-0.15, -0.1) is 7.92 Å². The van der Waals surface area contributed by atoms with E-state index in [-0.39, 0.29) is 0 Å². The molecule has 0 bridgehead atoms. The number of carboxylic acids is 2. The van der Waals surface area contributed by atoms with Crippen LogP contribution < -0.4 is 0 Å². The summed E-state index contributed by atoms with van der Waals surface area (Å²) >= 11 is 0. The Bertz CT molecular complexity index is 738. The van der Waals surface area contributed by atoms with Crippen molar-refractivity contribution in [2.45, 2.75) is 77.0 Å². The molecule has 0 aliphatic carbocycles. The van der Waals surface area contributed by atoms with Gasteiger partial charge in [-0.3, -0.25) is 4.55 Å². The molecule has 0 aliphatic heterocycles. The summed E-state index contributed by atoms with van der Waals surface area (Å²) in [7, 11) is -4.23. The van der Waals surface area contributed by atoms with Gasteiger partial charge < -0.3 is 10.2 Å². The third kappa shape index (κ3) is 13.5. The Kier molecular flexibility index (Phi) is 15.4. The number of benzene rings is 1. The highest BCUT2D eigenvalue weighted by Gasteiger charge is 2.17. The number of unbranched alkanes of at least 4 members (excludes halogenated alkanes) is 5. The van der Waals surface area contributed by atoms with Crippen LogP contribution in [0.1, 0.15) is 92.9 Å². The Morgan fingerprint density at radius 1 is 0.742 bits per heavy atom. The molecule has 0 heterocycles. The molecule has 0 radical (unpaired) electrons. The Morgan fingerprint density at radius 2 is 1.16 bits per heavy atom. The summed E-state index contributed by atoms with van der Waals surface area (Å²) < 4.78 is 30.2. The van der Waals surface area contributed by atoms with Crippen LogP contribution in [-0.2, 0) is 10.1 Å². The van der Waals surface area contributed by atoms with E-state index >= 15 is 0 Å². The van der Waals surface area contributed by atoms with E-state index in [1.54, 1.807) is 18.5 Å². The van der Waals surface area contributed by atoms with Gasteiger partial charge in [-0.25, -0.2) is 9.59 Å². The molecule has 0 amide bonds. The lowest BCUT2D eigenvalue weighted by Gasteiger charge is -2.17. The number of hydrogen-bond donors (Lipinski definition) is 3. The molecule has 0 saturated carbocycles. The zero-order valence-corrected chi connectivity index (χ0v) is 20.6. The maximum atomic E-state index is 10.8. The molecular formula is C22H37O7PS. The van der Waals surface area contributed by atoms with E-state index in [2.05, 4.69) is 20.8 Å². The van der Waals surface area contributed by atoms with E-state index in [0.29, 0.717) is 20.1 Å². The van der Waals surface area contributed by atoms with Gasteiger partial charge in [0.1, 0.15) is 0 Å². The van der Waals surface area contributed by atoms with Gasteiger partial charge in [0.25, 0.3) is 10.1 Å². The zero-order valence-electron chi connectivity index (χ0n) is 18.8. The standard InChI is InChI=1S/C14H31P.C8H6O7S/c1-4-7-10-11-14-15(12-8-5-2)13-9-6-3;9-7(10)4-1-5(8(11)12)3-6(2-4)16(13,14)15/h4-14H2,1-3H3;1-3H,(H,9,10)(H,11,12)(H,13,14,15). The van der Waals surface area contributed by atoms with Crippen LogP contribution in [-0.4, -0.2) is 53.6 Å². The monoisotopic (exact) mass is 476 g/mol. The first kappa shape index (κ1) is 29.5. The third-order valence-electron chi connectivity index (χ3n) is 4.68. The van der Waals surface area contributed by atoms with Gasteiger partial charge >= 0.3 is 11.9 Å². The predicted molar refractivity (Wildman–Crippen MR) is 126 cm³/mol. The van der Waals surface area contributed by atoms with Crippen molar-refractivity contribution in [1.82, 2.24) is 0 Å². The number of carboxylic acid groups (broad SMARTS) is 2. The highest BCUT2D eigenvalue weighted by molar-refractivity contribution is 7.85. The van der Waals surface area contributed by atoms with Crippen LogP contribution in [0.25, 0.3) is 0 Å². The fraction of sp³-hybridized carbons (Fsp3) is 0.636. The number of hydrogen-bond acceptors (Lipinski definition) is 4. The van der Waals surface area contributed by atoms with Crippen LogP contribution in [0.5, 0.6) is 0 Å². The summed E-state index contributed by atoms with van der Waals surface area (Å²) in [6.07, 6.45) is 16.2. The number of rotatable bonds is 14. The molecule has 0 saturated heterocycles. The molecule has 0 atom stereocenters. The van der Waals surface area contributed by atoms with Crippen molar-refractivity contribution in [3.05, 3.63) is 29.3 Å². The van der Waals surface area contributed by atoms with Gasteiger partial charge in [0.05, 0.1) is 16.0 Å². The minimum absolute atomic E-state index is 0.411. The summed E-state index contributed by atoms with van der Waals surface area (Å²) in [5.74, 6) is -2.99. The van der Waals surface area contributed by atoms with Crippen molar-refractivity contribution >= 4 is 30.0 Å². The van der Waals surface area contributed by atoms with Gasteiger partial charge in [0.15, 0.2) is 0 Å². The molecule has 0 unspecified atom stereocenters. The van der Waals surface area contributed by atoms with Crippen LogP contribution in [0.4, 0.5) is 0 Å². The van der Waals surface area contributed by atoms with Crippen LogP contribution >= 0.6 is 7.92 Å². The smallest absolute Gasteiger partial charge is 0.335 e. The van der Waals surface area contributed by atoms with Crippen LogP contribution in [0.15, 0.2) is 23.1 Å². The van der Waals surface area contributed by atoms with Gasteiger partial charge in [-0.05, 0) is 55.9 Å². The molecule has 1 aromatic rings. The maximum absolute atomic E-state index is 10.8. The van der Waals surface area contributed by atoms with E-state index < -0.39 is 38.1 Å². The first-order valence-corrected chi connectivity index (χ1v) is 14.2. The average Bonchev–Trinajstić information content (AvgIpc) is 2.72. The molecule has 0 aliphatic rings. The second-order valence-corrected chi connectivity index (χ2v) is 11.5. The molecule has 0 fully saturated rings. The van der Waals surface area contributed by atoms with Crippen molar-refractivity contribution in [1.29, 1.82) is 0 Å². The Morgan fingerprint density at radius 3 is 1.52 bits per heavy atom. The van der Waals surface area contributed by atoms with Crippen molar-refractivity contribution in [3.63, 3.8) is 0 Å². The van der Waals surface area contributed by atoms with Crippen molar-refractivity contribution in [2.75, 3.05) is 18.5 Å². The fourth-order valence-electron chi connectivity index (χ4n) is 2.86. The van der Waals surface area contributed by atoms with E-state index in [4.69, 9.17) is 14.8 Å². The molecule has 0 aromatic heterocycles. The SMILES string of the molecule is CCCCCCP(CCCC)CCCC.O=C(O)c1cc(C(=O)O)cc(S(=O)(=O)O)c1. The van der Waals surface area contributed by atoms with Crippen molar-refractivity contribution in [2.24, 2.45) is 0 Å². The molecular weight excluding hydrogens is 439 g/mol. The lowest BCUT2D eigenvalue weighted by molar-refractivity contribution is 0.0696. The number of aromatic carboxylic acids is 2. The summed E-state index contributed by atoms with van der Waals surface area (Å²) in [6.45, 7) is 6.95. The molecule has 178 valence electrons. The van der Waals surface area contributed by atoms with E-state index in [9.17, 15) is 18.0 Å². The highest BCUT2D eigenvalue weighted by Crippen LogP contribution is 2.38. The van der Waals surface area contributed by atoms with Crippen LogP contribution in [0, 0.1) is 0 Å². The fourth-order valence-corrected chi connectivity index (χ4v) is 6.28. The quantitative estimate of drug-likeness (QED) is 0.171. The van der Waals surface area contributed by atoms with E-state index in [1.807, 2.05) is 0 Å². The Labute approximate surface area is 187 Å². The topological polar surface area (TPSA) is 129 Å². The number of carbonyl (C=O) groups is 2. The third-order valence-corrected chi connectivity index (χ3v) is 8.36. The van der Waals surface area contributed by atoms with E-state index in [1.165, 1.54) is 51.4 Å². The Balaban J connectivity index is 0.000000582. The lowest BCUT2D eigenvalue weighted by atomic mass is 10.1. The summed E-state index contributed by atoms with van der Waals surface area (Å²) in [6, 6.07) is 2.13. The minimum Gasteiger partial charge on any atom is -0.478 e. The summed E-state index contributed by atoms with van der Waals surface area (Å²) in [4.78, 5) is 20.4. The predicted octanol–water partition coefficient (Wildman–Crippen LogP) is 5.98. The molecule has 1 aromatic carbocycles. The first-order valence-electron chi connectivity index (χ1n) is 10.9. The first-order chi connectivity index (χ1) is 14.6. The van der Waals surface area contributed by atoms with Gasteiger partial charge in [0.2, 0.25) is 0 Å². The molecule has 3 N–H and O–H groups in total. The maximum Gasteiger partial charge on any atom is 0.335 e. The van der Waals surface area contributed by atoms with Gasteiger partial charge in [-0.2, -0.15) is 8.42 Å². The highest BCUT2D eigenvalue weighted by atomic mass is 32.2. The molecule has 7 nitrogen and oxygen atoms in total. The molecule has 0 spiro atoms. The van der Waals surface area contributed by atoms with E-state index in [0.717, 1.165) is 6.07 Å². The molecule has 31 heavy (non-hydrogen) atoms. The minimum atomic E-state index is -4.64. The molecule has 9 heteroatoms. The lowest BCUT2D eigenvalue weighted by Crippen LogP contribution is -2.07. The van der Waals surface area contributed by atoms with Gasteiger partial charge in [0, 0.05) is 0 Å². The van der Waals surface area contributed by atoms with Crippen LogP contribution in [0.3, 0.4) is 0 Å². The average molecular weight is 477 g/mol.